The number of nitrogens with one attached hydrogen (secondary N) is 1. The van der Waals surface area contributed by atoms with E-state index >= 15 is 0 Å². The van der Waals surface area contributed by atoms with Crippen molar-refractivity contribution in [2.24, 2.45) is 5.92 Å². The number of nitrogens with zero attached hydrogens (tertiary/aromatic N) is 3. The molecule has 0 atom stereocenters. The summed E-state index contributed by atoms with van der Waals surface area (Å²) in [5.74, 6) is -0.815. The molecular weight excluding hydrogens is 441 g/mol. The van der Waals surface area contributed by atoms with Crippen molar-refractivity contribution >= 4 is 27.8 Å². The van der Waals surface area contributed by atoms with E-state index in [1.165, 1.54) is 4.57 Å². The topological polar surface area (TPSA) is 50.2 Å². The molecule has 0 saturated carbocycles. The highest BCUT2D eigenvalue weighted by atomic mass is 19.4. The first-order chi connectivity index (χ1) is 16.4. The Labute approximate surface area is 195 Å². The molecule has 1 aliphatic rings. The number of carbonyl (C=O) groups is 1. The SMILES string of the molecule is O=C(NCc1cccc2ccccc12)N1CCC(Cn2c(C(F)(F)F)nc3ccccc32)CC1. The van der Waals surface area contributed by atoms with Crippen molar-refractivity contribution in [2.75, 3.05) is 13.1 Å². The zero-order valence-electron chi connectivity index (χ0n) is 18.6. The van der Waals surface area contributed by atoms with Gasteiger partial charge in [-0.3, -0.25) is 0 Å². The lowest BCUT2D eigenvalue weighted by Crippen LogP contribution is -2.44. The molecule has 34 heavy (non-hydrogen) atoms. The molecule has 1 fully saturated rings. The van der Waals surface area contributed by atoms with Gasteiger partial charge in [-0.05, 0) is 47.2 Å². The number of hydrogen-bond donors (Lipinski definition) is 1. The highest BCUT2D eigenvalue weighted by Crippen LogP contribution is 2.33. The number of alkyl halides is 3. The van der Waals surface area contributed by atoms with Crippen LogP contribution in [0.5, 0.6) is 0 Å². The van der Waals surface area contributed by atoms with Gasteiger partial charge in [0, 0.05) is 26.2 Å². The van der Waals surface area contributed by atoms with E-state index in [0.717, 1.165) is 16.3 Å². The number of hydrogen-bond acceptors (Lipinski definition) is 2. The van der Waals surface area contributed by atoms with E-state index in [1.54, 1.807) is 29.2 Å². The highest BCUT2D eigenvalue weighted by Gasteiger charge is 2.38. The van der Waals surface area contributed by atoms with Gasteiger partial charge in [0.15, 0.2) is 0 Å². The van der Waals surface area contributed by atoms with E-state index in [1.807, 2.05) is 42.5 Å². The number of benzene rings is 3. The van der Waals surface area contributed by atoms with Gasteiger partial charge in [0.2, 0.25) is 5.82 Å². The quantitative estimate of drug-likeness (QED) is 0.411. The van der Waals surface area contributed by atoms with Crippen LogP contribution in [0.3, 0.4) is 0 Å². The van der Waals surface area contributed by atoms with Crippen LogP contribution in [0.1, 0.15) is 24.2 Å². The summed E-state index contributed by atoms with van der Waals surface area (Å²) in [4.78, 5) is 18.3. The van der Waals surface area contributed by atoms with Crippen LogP contribution >= 0.6 is 0 Å². The summed E-state index contributed by atoms with van der Waals surface area (Å²) in [6, 6.07) is 20.6. The third kappa shape index (κ3) is 4.44. The zero-order valence-corrected chi connectivity index (χ0v) is 18.6. The molecule has 1 saturated heterocycles. The number of fused-ring (bicyclic) bond motifs is 2. The third-order valence-corrected chi connectivity index (χ3v) is 6.56. The lowest BCUT2D eigenvalue weighted by atomic mass is 9.96. The standard InChI is InChI=1S/C26H25F3N4O/c27-26(28,29)24-31-22-10-3-4-11-23(22)33(24)17-18-12-14-32(15-13-18)25(34)30-16-20-8-5-7-19-6-1-2-9-21(19)20/h1-11,18H,12-17H2,(H,30,34). The number of para-hydroxylation sites is 2. The van der Waals surface area contributed by atoms with Crippen molar-refractivity contribution in [1.82, 2.24) is 19.8 Å². The van der Waals surface area contributed by atoms with Crippen molar-refractivity contribution in [2.45, 2.75) is 32.1 Å². The summed E-state index contributed by atoms with van der Waals surface area (Å²) >= 11 is 0. The molecule has 5 nitrogen and oxygen atoms in total. The molecule has 5 rings (SSSR count). The predicted molar refractivity (Wildman–Crippen MR) is 125 cm³/mol. The average molecular weight is 467 g/mol. The Balaban J connectivity index is 1.21. The van der Waals surface area contributed by atoms with Crippen LogP contribution in [0.15, 0.2) is 66.7 Å². The van der Waals surface area contributed by atoms with Crippen LogP contribution in [0, 0.1) is 5.92 Å². The minimum absolute atomic E-state index is 0.0424. The van der Waals surface area contributed by atoms with Gasteiger partial charge in [-0.1, -0.05) is 54.6 Å². The number of amides is 2. The number of rotatable bonds is 4. The molecule has 1 aliphatic heterocycles. The lowest BCUT2D eigenvalue weighted by molar-refractivity contribution is -0.147. The number of aromatic nitrogens is 2. The molecule has 0 spiro atoms. The van der Waals surface area contributed by atoms with Gasteiger partial charge < -0.3 is 14.8 Å². The molecular formula is C26H25F3N4O. The fraction of sp³-hybridized carbons (Fsp3) is 0.308. The van der Waals surface area contributed by atoms with Crippen molar-refractivity contribution < 1.29 is 18.0 Å². The summed E-state index contributed by atoms with van der Waals surface area (Å²) in [5, 5.41) is 5.23. The molecule has 176 valence electrons. The van der Waals surface area contributed by atoms with Crippen molar-refractivity contribution in [3.63, 3.8) is 0 Å². The van der Waals surface area contributed by atoms with Gasteiger partial charge in [-0.25, -0.2) is 9.78 Å². The Morgan fingerprint density at radius 3 is 2.47 bits per heavy atom. The Morgan fingerprint density at radius 1 is 0.971 bits per heavy atom. The molecule has 1 N–H and O–H groups in total. The molecule has 2 heterocycles. The Bertz CT molecular complexity index is 1320. The summed E-state index contributed by atoms with van der Waals surface area (Å²) in [5.41, 5.74) is 1.89. The predicted octanol–water partition coefficient (Wildman–Crippen LogP) is 5.83. The summed E-state index contributed by atoms with van der Waals surface area (Å²) < 4.78 is 42.0. The Hall–Kier alpha value is -3.55. The van der Waals surface area contributed by atoms with E-state index in [-0.39, 0.29) is 18.5 Å². The minimum Gasteiger partial charge on any atom is -0.334 e. The Morgan fingerprint density at radius 2 is 1.68 bits per heavy atom. The fourth-order valence-corrected chi connectivity index (χ4v) is 4.78. The molecule has 2 amide bonds. The highest BCUT2D eigenvalue weighted by molar-refractivity contribution is 5.86. The van der Waals surface area contributed by atoms with Gasteiger partial charge in [-0.15, -0.1) is 0 Å². The second kappa shape index (κ2) is 9.00. The first kappa shape index (κ1) is 22.3. The fourth-order valence-electron chi connectivity index (χ4n) is 4.78. The van der Waals surface area contributed by atoms with Gasteiger partial charge in [0.05, 0.1) is 11.0 Å². The van der Waals surface area contributed by atoms with Crippen LogP contribution in [0.2, 0.25) is 0 Å². The molecule has 8 heteroatoms. The van der Waals surface area contributed by atoms with Gasteiger partial charge in [0.1, 0.15) is 0 Å². The molecule has 0 radical (unpaired) electrons. The second-order valence-electron chi connectivity index (χ2n) is 8.76. The zero-order chi connectivity index (χ0) is 23.7. The largest absolute Gasteiger partial charge is 0.449 e. The van der Waals surface area contributed by atoms with Gasteiger partial charge in [-0.2, -0.15) is 13.2 Å². The van der Waals surface area contributed by atoms with E-state index < -0.39 is 12.0 Å². The van der Waals surface area contributed by atoms with Crippen molar-refractivity contribution in [1.29, 1.82) is 0 Å². The maximum Gasteiger partial charge on any atom is 0.449 e. The molecule has 0 aliphatic carbocycles. The van der Waals surface area contributed by atoms with E-state index in [0.29, 0.717) is 43.5 Å². The van der Waals surface area contributed by atoms with Crippen molar-refractivity contribution in [3.05, 3.63) is 78.1 Å². The summed E-state index contributed by atoms with van der Waals surface area (Å²) in [7, 11) is 0. The van der Waals surface area contributed by atoms with Crippen LogP contribution in [-0.2, 0) is 19.3 Å². The number of urea groups is 1. The second-order valence-corrected chi connectivity index (χ2v) is 8.76. The van der Waals surface area contributed by atoms with Gasteiger partial charge in [0.25, 0.3) is 0 Å². The molecule has 4 aromatic rings. The summed E-state index contributed by atoms with van der Waals surface area (Å²) in [6.45, 7) is 1.69. The monoisotopic (exact) mass is 466 g/mol. The summed E-state index contributed by atoms with van der Waals surface area (Å²) in [6.07, 6.45) is -3.22. The lowest BCUT2D eigenvalue weighted by Gasteiger charge is -2.32. The van der Waals surface area contributed by atoms with E-state index in [9.17, 15) is 18.0 Å². The van der Waals surface area contributed by atoms with Crippen LogP contribution in [0.25, 0.3) is 21.8 Å². The number of carbonyl (C=O) groups excluding carboxylic acids is 1. The average Bonchev–Trinajstić information content (AvgIpc) is 3.22. The number of imidazole rings is 1. The first-order valence-corrected chi connectivity index (χ1v) is 11.4. The maximum absolute atomic E-state index is 13.6. The van der Waals surface area contributed by atoms with E-state index in [4.69, 9.17) is 0 Å². The van der Waals surface area contributed by atoms with Gasteiger partial charge >= 0.3 is 12.2 Å². The normalized spacial score (nSPS) is 15.2. The molecule has 1 aromatic heterocycles. The smallest absolute Gasteiger partial charge is 0.334 e. The molecule has 3 aromatic carbocycles. The van der Waals surface area contributed by atoms with Crippen molar-refractivity contribution in [3.8, 4) is 0 Å². The molecule has 0 unspecified atom stereocenters. The number of likely N-dealkylation sites (tertiary alicyclic amines) is 1. The number of halogens is 3. The minimum atomic E-state index is -4.51. The van der Waals surface area contributed by atoms with Crippen LogP contribution in [-0.4, -0.2) is 33.6 Å². The van der Waals surface area contributed by atoms with E-state index in [2.05, 4.69) is 10.3 Å². The molecule has 0 bridgehead atoms. The van der Waals surface area contributed by atoms with Crippen LogP contribution in [0.4, 0.5) is 18.0 Å². The Kier molecular flexibility index (Phi) is 5.89. The van der Waals surface area contributed by atoms with Crippen LogP contribution < -0.4 is 5.32 Å². The third-order valence-electron chi connectivity index (χ3n) is 6.56. The first-order valence-electron chi connectivity index (χ1n) is 11.4. The number of piperidine rings is 1. The maximum atomic E-state index is 13.6.